The van der Waals surface area contributed by atoms with E-state index in [0.29, 0.717) is 6.54 Å². The van der Waals surface area contributed by atoms with Gasteiger partial charge in [0.2, 0.25) is 0 Å². The Morgan fingerprint density at radius 1 is 0.742 bits per heavy atom. The van der Waals surface area contributed by atoms with Crippen LogP contribution in [0.3, 0.4) is 0 Å². The van der Waals surface area contributed by atoms with E-state index in [1.165, 1.54) is 0 Å². The largest absolute Gasteiger partial charge is 0.460 e. The van der Waals surface area contributed by atoms with Crippen LogP contribution in [0.5, 0.6) is 0 Å². The summed E-state index contributed by atoms with van der Waals surface area (Å²) in [5.74, 6) is -2.82. The third kappa shape index (κ3) is 17.9. The Hall–Kier alpha value is -2.68. The van der Waals surface area contributed by atoms with Crippen LogP contribution in [0.4, 0.5) is 0 Å². The highest BCUT2D eigenvalue weighted by Gasteiger charge is 2.18. The lowest BCUT2D eigenvalue weighted by Gasteiger charge is -2.15. The van der Waals surface area contributed by atoms with E-state index in [1.807, 2.05) is 5.32 Å². The highest BCUT2D eigenvalue weighted by molar-refractivity contribution is 5.92. The number of hydrogen-bond acceptors (Lipinski definition) is 8. The van der Waals surface area contributed by atoms with Gasteiger partial charge < -0.3 is 24.3 Å². The average molecular weight is 443 g/mol. The smallest absolute Gasteiger partial charge is 0.331 e. The lowest BCUT2D eigenvalue weighted by Crippen LogP contribution is -2.86. The van der Waals surface area contributed by atoms with Crippen LogP contribution in [0.25, 0.3) is 0 Å². The number of rotatable bonds is 15. The Bertz CT molecular complexity index is 625. The molecule has 0 aliphatic rings. The average Bonchev–Trinajstić information content (AvgIpc) is 2.67. The minimum absolute atomic E-state index is 0.192. The Morgan fingerprint density at radius 3 is 1.71 bits per heavy atom. The summed E-state index contributed by atoms with van der Waals surface area (Å²) in [5.41, 5.74) is 0. The predicted molar refractivity (Wildman–Crippen MR) is 113 cm³/mol. The van der Waals surface area contributed by atoms with Gasteiger partial charge in [0.15, 0.2) is 6.10 Å². The summed E-state index contributed by atoms with van der Waals surface area (Å²) in [4.78, 5) is 46.7. The number of carbonyl (C=O) groups excluding carboxylic acids is 4. The maximum absolute atomic E-state index is 12.0. The van der Waals surface area contributed by atoms with Crippen LogP contribution >= 0.6 is 0 Å². The summed E-state index contributed by atoms with van der Waals surface area (Å²) in [6.45, 7) is 9.90. The molecule has 0 bridgehead atoms. The van der Waals surface area contributed by atoms with E-state index in [0.717, 1.165) is 50.1 Å². The Labute approximate surface area is 184 Å². The Morgan fingerprint density at radius 2 is 1.23 bits per heavy atom. The first-order valence-electron chi connectivity index (χ1n) is 10.6. The van der Waals surface area contributed by atoms with Crippen molar-refractivity contribution in [3.63, 3.8) is 0 Å². The van der Waals surface area contributed by atoms with Crippen molar-refractivity contribution in [3.05, 3.63) is 24.3 Å². The van der Waals surface area contributed by atoms with Crippen LogP contribution in [0.1, 0.15) is 53.9 Å². The fourth-order valence-corrected chi connectivity index (χ4v) is 2.23. The number of quaternary nitrogens is 1. The molecular weight excluding hydrogens is 406 g/mol. The molecule has 0 aromatic carbocycles. The van der Waals surface area contributed by atoms with Crippen molar-refractivity contribution < 1.29 is 43.4 Å². The van der Waals surface area contributed by atoms with E-state index in [9.17, 15) is 19.2 Å². The lowest BCUT2D eigenvalue weighted by atomic mass is 10.2. The topological polar surface area (TPSA) is 122 Å². The Balaban J connectivity index is 4.70. The van der Waals surface area contributed by atoms with Gasteiger partial charge in [-0.15, -0.1) is 0 Å². The molecule has 176 valence electrons. The van der Waals surface area contributed by atoms with Crippen LogP contribution in [0.2, 0.25) is 0 Å². The molecule has 0 rings (SSSR count). The zero-order valence-electron chi connectivity index (χ0n) is 19.1. The summed E-state index contributed by atoms with van der Waals surface area (Å²) >= 11 is 0. The van der Waals surface area contributed by atoms with Gasteiger partial charge in [-0.25, -0.2) is 19.2 Å². The number of hydrogen-bond donors (Lipinski definition) is 1. The molecule has 0 saturated heterocycles. The first kappa shape index (κ1) is 28.3. The van der Waals surface area contributed by atoms with E-state index in [2.05, 4.69) is 6.92 Å². The normalized spacial score (nSPS) is 12.4. The molecule has 0 saturated carbocycles. The van der Waals surface area contributed by atoms with Crippen LogP contribution in [-0.4, -0.2) is 61.9 Å². The van der Waals surface area contributed by atoms with Gasteiger partial charge >= 0.3 is 23.9 Å². The minimum Gasteiger partial charge on any atom is -0.460 e. The second-order valence-corrected chi connectivity index (χ2v) is 7.35. The van der Waals surface area contributed by atoms with Crippen LogP contribution in [-0.2, 0) is 38.1 Å². The molecule has 2 N–H and O–H groups in total. The van der Waals surface area contributed by atoms with Crippen molar-refractivity contribution in [1.29, 1.82) is 0 Å². The molecule has 9 heteroatoms. The van der Waals surface area contributed by atoms with E-state index >= 15 is 0 Å². The highest BCUT2D eigenvalue weighted by atomic mass is 16.6. The van der Waals surface area contributed by atoms with Gasteiger partial charge in [0.1, 0.15) is 13.2 Å². The maximum Gasteiger partial charge on any atom is 0.331 e. The standard InChI is InChI=1S/C22H35NO8/c1-6-7-8-13-23-14-18(31-22(27)12-11-21(26)30-17(4)5)15-28-19(24)9-10-20(25)29-16(2)3/h9-12,16-18,23H,6-8,13-15H2,1-5H3/p+1/b10-9+,12-11+. The number of unbranched alkanes of at least 4 members (excludes halogenated alkanes) is 2. The molecule has 0 spiro atoms. The molecule has 31 heavy (non-hydrogen) atoms. The van der Waals surface area contributed by atoms with Gasteiger partial charge in [-0.05, 0) is 40.5 Å². The van der Waals surface area contributed by atoms with Gasteiger partial charge in [-0.1, -0.05) is 13.3 Å². The van der Waals surface area contributed by atoms with Gasteiger partial charge in [-0.2, -0.15) is 0 Å². The van der Waals surface area contributed by atoms with Crippen molar-refractivity contribution >= 4 is 23.9 Å². The van der Waals surface area contributed by atoms with E-state index in [1.54, 1.807) is 27.7 Å². The van der Waals surface area contributed by atoms with E-state index in [4.69, 9.17) is 18.9 Å². The molecule has 0 amide bonds. The van der Waals surface area contributed by atoms with Crippen molar-refractivity contribution in [2.45, 2.75) is 72.2 Å². The van der Waals surface area contributed by atoms with E-state index in [-0.39, 0.29) is 18.8 Å². The molecular formula is C22H36NO8+. The molecule has 0 aromatic heterocycles. The number of ether oxygens (including phenoxy) is 4. The lowest BCUT2D eigenvalue weighted by molar-refractivity contribution is -0.661. The fraction of sp³-hybridized carbons (Fsp3) is 0.636. The van der Waals surface area contributed by atoms with Crippen molar-refractivity contribution in [2.24, 2.45) is 0 Å². The predicted octanol–water partition coefficient (Wildman–Crippen LogP) is 1.21. The number of esters is 4. The first-order chi connectivity index (χ1) is 14.6. The maximum atomic E-state index is 12.0. The van der Waals surface area contributed by atoms with Crippen LogP contribution < -0.4 is 5.32 Å². The highest BCUT2D eigenvalue weighted by Crippen LogP contribution is 1.98. The SMILES string of the molecule is CCCCC[NH2+]CC(COC(=O)/C=C/C(=O)OC(C)C)OC(=O)/C=C/C(=O)OC(C)C. The number of carbonyl (C=O) groups is 4. The molecule has 0 aliphatic heterocycles. The van der Waals surface area contributed by atoms with Crippen molar-refractivity contribution in [2.75, 3.05) is 19.7 Å². The zero-order valence-corrected chi connectivity index (χ0v) is 19.1. The van der Waals surface area contributed by atoms with Crippen LogP contribution in [0.15, 0.2) is 24.3 Å². The molecule has 0 fully saturated rings. The summed E-state index contributed by atoms with van der Waals surface area (Å²) in [6.07, 6.45) is 5.76. The molecule has 9 nitrogen and oxygen atoms in total. The Kier molecular flexibility index (Phi) is 15.6. The molecule has 1 atom stereocenters. The summed E-state index contributed by atoms with van der Waals surface area (Å²) < 4.78 is 20.1. The molecule has 0 heterocycles. The van der Waals surface area contributed by atoms with Crippen molar-refractivity contribution in [3.8, 4) is 0 Å². The van der Waals surface area contributed by atoms with Crippen LogP contribution in [0, 0.1) is 0 Å². The van der Waals surface area contributed by atoms with Gasteiger partial charge in [0.25, 0.3) is 0 Å². The molecule has 0 aromatic rings. The van der Waals surface area contributed by atoms with Gasteiger partial charge in [0, 0.05) is 24.3 Å². The van der Waals surface area contributed by atoms with E-state index < -0.39 is 30.0 Å². The summed E-state index contributed by atoms with van der Waals surface area (Å²) in [6, 6.07) is 0. The van der Waals surface area contributed by atoms with Gasteiger partial charge in [-0.3, -0.25) is 0 Å². The van der Waals surface area contributed by atoms with Crippen molar-refractivity contribution in [1.82, 2.24) is 0 Å². The quantitative estimate of drug-likeness (QED) is 0.174. The monoisotopic (exact) mass is 442 g/mol. The fourth-order valence-electron chi connectivity index (χ4n) is 2.23. The third-order valence-electron chi connectivity index (χ3n) is 3.55. The summed E-state index contributed by atoms with van der Waals surface area (Å²) in [7, 11) is 0. The minimum atomic E-state index is -0.760. The third-order valence-corrected chi connectivity index (χ3v) is 3.55. The molecule has 1 unspecified atom stereocenters. The summed E-state index contributed by atoms with van der Waals surface area (Å²) in [5, 5.41) is 1.97. The molecule has 0 aliphatic carbocycles. The number of nitrogens with two attached hydrogens (primary N) is 1. The molecule has 0 radical (unpaired) electrons. The second kappa shape index (κ2) is 17.0. The first-order valence-corrected chi connectivity index (χ1v) is 10.6. The van der Waals surface area contributed by atoms with Gasteiger partial charge in [0.05, 0.1) is 18.8 Å². The zero-order chi connectivity index (χ0) is 23.6. The second-order valence-electron chi connectivity index (χ2n) is 7.35.